The standard InChI is InChI=1S/C24H39N5O.HI/c1-24(2,29-15-7-4-8-16-29)19-27-23(25-3)26-14-9-12-22(30)28-17-13-20-10-5-6-11-21(20)18-28;/h5-6,10-11H,4,7-9,12-19H2,1-3H3,(H2,25,26,27);1H. The molecule has 31 heavy (non-hydrogen) atoms. The zero-order chi connectivity index (χ0) is 21.4. The van der Waals surface area contributed by atoms with E-state index in [1.165, 1.54) is 43.5 Å². The molecule has 2 aliphatic rings. The molecule has 3 rings (SSSR count). The molecule has 1 aromatic rings. The Bertz CT molecular complexity index is 730. The van der Waals surface area contributed by atoms with E-state index in [2.05, 4.69) is 58.6 Å². The van der Waals surface area contributed by atoms with Crippen LogP contribution in [0, 0.1) is 0 Å². The van der Waals surface area contributed by atoms with Crippen molar-refractivity contribution < 1.29 is 4.79 Å². The van der Waals surface area contributed by atoms with Crippen LogP contribution in [0.25, 0.3) is 0 Å². The predicted molar refractivity (Wildman–Crippen MR) is 139 cm³/mol. The minimum absolute atomic E-state index is 0. The second-order valence-electron chi connectivity index (χ2n) is 9.15. The summed E-state index contributed by atoms with van der Waals surface area (Å²) in [5.41, 5.74) is 2.78. The first-order chi connectivity index (χ1) is 14.5. The second-order valence-corrected chi connectivity index (χ2v) is 9.15. The number of hydrogen-bond acceptors (Lipinski definition) is 3. The van der Waals surface area contributed by atoms with Gasteiger partial charge in [0.25, 0.3) is 0 Å². The van der Waals surface area contributed by atoms with Crippen LogP contribution in [0.4, 0.5) is 0 Å². The van der Waals surface area contributed by atoms with Crippen molar-refractivity contribution in [3.63, 3.8) is 0 Å². The minimum Gasteiger partial charge on any atom is -0.356 e. The van der Waals surface area contributed by atoms with E-state index in [1.807, 2.05) is 4.90 Å². The van der Waals surface area contributed by atoms with Crippen LogP contribution in [-0.4, -0.2) is 67.0 Å². The lowest BCUT2D eigenvalue weighted by Gasteiger charge is -2.41. The number of fused-ring (bicyclic) bond motifs is 1. The number of nitrogens with zero attached hydrogens (tertiary/aromatic N) is 3. The van der Waals surface area contributed by atoms with Gasteiger partial charge in [0.1, 0.15) is 0 Å². The molecule has 0 bridgehead atoms. The van der Waals surface area contributed by atoms with Crippen molar-refractivity contribution in [2.45, 2.75) is 64.5 Å². The molecule has 1 amide bonds. The van der Waals surface area contributed by atoms with Gasteiger partial charge in [-0.05, 0) is 63.7 Å². The van der Waals surface area contributed by atoms with Crippen LogP contribution in [0.15, 0.2) is 29.3 Å². The SMILES string of the molecule is CN=C(NCCCC(=O)N1CCc2ccccc2C1)NCC(C)(C)N1CCCCC1.I. The van der Waals surface area contributed by atoms with Crippen molar-refractivity contribution >= 4 is 35.8 Å². The van der Waals surface area contributed by atoms with E-state index in [4.69, 9.17) is 0 Å². The van der Waals surface area contributed by atoms with Gasteiger partial charge in [0.15, 0.2) is 5.96 Å². The molecule has 1 fully saturated rings. The zero-order valence-electron chi connectivity index (χ0n) is 19.5. The van der Waals surface area contributed by atoms with Crippen LogP contribution >= 0.6 is 24.0 Å². The quantitative estimate of drug-likeness (QED) is 0.241. The molecule has 6 nitrogen and oxygen atoms in total. The fraction of sp³-hybridized carbons (Fsp3) is 0.667. The number of hydrogen-bond donors (Lipinski definition) is 2. The van der Waals surface area contributed by atoms with Gasteiger partial charge >= 0.3 is 0 Å². The van der Waals surface area contributed by atoms with Crippen LogP contribution in [-0.2, 0) is 17.8 Å². The van der Waals surface area contributed by atoms with Crippen molar-refractivity contribution in [3.8, 4) is 0 Å². The Morgan fingerprint density at radius 1 is 1.06 bits per heavy atom. The molecule has 0 radical (unpaired) electrons. The molecular weight excluding hydrogens is 501 g/mol. The highest BCUT2D eigenvalue weighted by atomic mass is 127. The summed E-state index contributed by atoms with van der Waals surface area (Å²) in [5.74, 6) is 1.07. The fourth-order valence-electron chi connectivity index (χ4n) is 4.44. The largest absolute Gasteiger partial charge is 0.356 e. The number of nitrogens with one attached hydrogen (secondary N) is 2. The molecule has 0 saturated carbocycles. The van der Waals surface area contributed by atoms with Gasteiger partial charge in [0.2, 0.25) is 5.91 Å². The number of rotatable bonds is 7. The maximum absolute atomic E-state index is 12.6. The number of likely N-dealkylation sites (tertiary alicyclic amines) is 1. The van der Waals surface area contributed by atoms with Gasteiger partial charge in [0, 0.05) is 45.2 Å². The van der Waals surface area contributed by atoms with Gasteiger partial charge in [-0.3, -0.25) is 14.7 Å². The molecule has 2 aliphatic heterocycles. The van der Waals surface area contributed by atoms with Crippen LogP contribution in [0.2, 0.25) is 0 Å². The first-order valence-corrected chi connectivity index (χ1v) is 11.5. The summed E-state index contributed by atoms with van der Waals surface area (Å²) in [5, 5.41) is 6.84. The highest BCUT2D eigenvalue weighted by Crippen LogP contribution is 2.20. The summed E-state index contributed by atoms with van der Waals surface area (Å²) in [7, 11) is 1.81. The van der Waals surface area contributed by atoms with Gasteiger partial charge in [-0.2, -0.15) is 0 Å². The Balaban J connectivity index is 0.00000341. The van der Waals surface area contributed by atoms with Crippen LogP contribution in [0.1, 0.15) is 57.1 Å². The van der Waals surface area contributed by atoms with Crippen molar-refractivity contribution in [3.05, 3.63) is 35.4 Å². The summed E-state index contributed by atoms with van der Waals surface area (Å²) in [6, 6.07) is 8.45. The van der Waals surface area contributed by atoms with E-state index in [-0.39, 0.29) is 35.4 Å². The monoisotopic (exact) mass is 541 g/mol. The van der Waals surface area contributed by atoms with E-state index >= 15 is 0 Å². The van der Waals surface area contributed by atoms with Crippen molar-refractivity contribution in [2.24, 2.45) is 4.99 Å². The molecule has 174 valence electrons. The topological polar surface area (TPSA) is 60.0 Å². The average molecular weight is 542 g/mol. The van der Waals surface area contributed by atoms with Gasteiger partial charge in [-0.1, -0.05) is 30.7 Å². The lowest BCUT2D eigenvalue weighted by Crippen LogP contribution is -2.54. The Morgan fingerprint density at radius 3 is 2.48 bits per heavy atom. The van der Waals surface area contributed by atoms with Crippen LogP contribution in [0.5, 0.6) is 0 Å². The summed E-state index contributed by atoms with van der Waals surface area (Å²) in [6.07, 6.45) is 6.30. The van der Waals surface area contributed by atoms with Crippen molar-refractivity contribution in [2.75, 3.05) is 39.8 Å². The van der Waals surface area contributed by atoms with Gasteiger partial charge in [-0.25, -0.2) is 0 Å². The third kappa shape index (κ3) is 7.63. The van der Waals surface area contributed by atoms with Crippen LogP contribution in [0.3, 0.4) is 0 Å². The van der Waals surface area contributed by atoms with Gasteiger partial charge < -0.3 is 15.5 Å². The Morgan fingerprint density at radius 2 is 1.77 bits per heavy atom. The average Bonchev–Trinajstić information content (AvgIpc) is 2.78. The van der Waals surface area contributed by atoms with Crippen molar-refractivity contribution in [1.29, 1.82) is 0 Å². The van der Waals surface area contributed by atoms with Crippen LogP contribution < -0.4 is 10.6 Å². The Hall–Kier alpha value is -1.35. The number of piperidine rings is 1. The third-order valence-electron chi connectivity index (χ3n) is 6.47. The molecule has 1 aromatic carbocycles. The molecule has 0 spiro atoms. The molecule has 1 saturated heterocycles. The predicted octanol–water partition coefficient (Wildman–Crippen LogP) is 3.40. The minimum atomic E-state index is 0. The number of benzene rings is 1. The first kappa shape index (κ1) is 25.9. The van der Waals surface area contributed by atoms with E-state index < -0.39 is 0 Å². The number of guanidine groups is 1. The highest BCUT2D eigenvalue weighted by molar-refractivity contribution is 14.0. The lowest BCUT2D eigenvalue weighted by molar-refractivity contribution is -0.132. The van der Waals surface area contributed by atoms with E-state index in [1.54, 1.807) is 7.05 Å². The highest BCUT2D eigenvalue weighted by Gasteiger charge is 2.28. The molecule has 0 aromatic heterocycles. The number of amides is 1. The summed E-state index contributed by atoms with van der Waals surface area (Å²) in [4.78, 5) is 21.5. The van der Waals surface area contributed by atoms with E-state index in [0.717, 1.165) is 45.0 Å². The number of halogens is 1. The van der Waals surface area contributed by atoms with E-state index in [9.17, 15) is 4.79 Å². The lowest BCUT2D eigenvalue weighted by atomic mass is 9.98. The number of carbonyl (C=O) groups excluding carboxylic acids is 1. The first-order valence-electron chi connectivity index (χ1n) is 11.5. The summed E-state index contributed by atoms with van der Waals surface area (Å²) >= 11 is 0. The summed E-state index contributed by atoms with van der Waals surface area (Å²) < 4.78 is 0. The fourth-order valence-corrected chi connectivity index (χ4v) is 4.44. The molecule has 2 heterocycles. The Labute approximate surface area is 205 Å². The van der Waals surface area contributed by atoms with Gasteiger partial charge in [0.05, 0.1) is 0 Å². The molecule has 7 heteroatoms. The normalized spacial score (nSPS) is 17.5. The van der Waals surface area contributed by atoms with E-state index in [0.29, 0.717) is 6.42 Å². The molecule has 0 aliphatic carbocycles. The Kier molecular flexibility index (Phi) is 10.6. The number of aliphatic imine (C=N–C) groups is 1. The summed E-state index contributed by atoms with van der Waals surface area (Å²) in [6.45, 7) is 10.2. The molecular formula is C24H40IN5O. The molecule has 2 N–H and O–H groups in total. The maximum atomic E-state index is 12.6. The number of carbonyl (C=O) groups is 1. The smallest absolute Gasteiger partial charge is 0.222 e. The zero-order valence-corrected chi connectivity index (χ0v) is 21.8. The second kappa shape index (κ2) is 12.6. The van der Waals surface area contributed by atoms with Gasteiger partial charge in [-0.15, -0.1) is 24.0 Å². The third-order valence-corrected chi connectivity index (χ3v) is 6.47. The van der Waals surface area contributed by atoms with Crippen molar-refractivity contribution in [1.82, 2.24) is 20.4 Å². The molecule has 0 atom stereocenters. The maximum Gasteiger partial charge on any atom is 0.222 e. The molecule has 0 unspecified atom stereocenters.